The summed E-state index contributed by atoms with van der Waals surface area (Å²) in [7, 11) is 0. The molecule has 1 saturated carbocycles. The minimum atomic E-state index is -0.550. The fourth-order valence-electron chi connectivity index (χ4n) is 2.70. The van der Waals surface area contributed by atoms with Gasteiger partial charge in [0.15, 0.2) is 5.78 Å². The average Bonchev–Trinajstić information content (AvgIpc) is 2.33. The molecular weight excluding hydrogens is 234 g/mol. The highest BCUT2D eigenvalue weighted by molar-refractivity contribution is 6.31. The molecule has 3 heteroatoms. The van der Waals surface area contributed by atoms with Crippen LogP contribution in [0.15, 0.2) is 24.3 Å². The summed E-state index contributed by atoms with van der Waals surface area (Å²) in [4.78, 5) is 12.3. The Bertz CT molecular complexity index is 414. The summed E-state index contributed by atoms with van der Waals surface area (Å²) in [5, 5.41) is 4.05. The fourth-order valence-corrected chi connectivity index (χ4v) is 3.00. The molecule has 0 bridgehead atoms. The SMILES string of the molecule is CCNC1(c2ccccc2Cl)CCCCC1=O. The molecule has 2 nitrogen and oxygen atoms in total. The second kappa shape index (κ2) is 5.19. The lowest BCUT2D eigenvalue weighted by atomic mass is 9.75. The Kier molecular flexibility index (Phi) is 3.85. The van der Waals surface area contributed by atoms with Crippen LogP contribution in [0.3, 0.4) is 0 Å². The number of benzene rings is 1. The number of nitrogens with one attached hydrogen (secondary N) is 1. The molecule has 0 spiro atoms. The molecule has 0 amide bonds. The molecule has 0 aliphatic heterocycles. The average molecular weight is 252 g/mol. The van der Waals surface area contributed by atoms with Crippen molar-refractivity contribution in [1.82, 2.24) is 5.32 Å². The van der Waals surface area contributed by atoms with E-state index in [-0.39, 0.29) is 5.78 Å². The Balaban J connectivity index is 2.47. The number of Topliss-reactive ketones (excluding diaryl/α,β-unsaturated/α-hetero) is 1. The molecule has 1 aliphatic carbocycles. The number of hydrogen-bond acceptors (Lipinski definition) is 2. The monoisotopic (exact) mass is 251 g/mol. The lowest BCUT2D eigenvalue weighted by Crippen LogP contribution is -2.51. The van der Waals surface area contributed by atoms with Gasteiger partial charge in [0.2, 0.25) is 0 Å². The van der Waals surface area contributed by atoms with Gasteiger partial charge in [-0.05, 0) is 31.0 Å². The molecule has 1 N–H and O–H groups in total. The summed E-state index contributed by atoms with van der Waals surface area (Å²) >= 11 is 6.26. The molecule has 1 aromatic carbocycles. The molecule has 1 aromatic rings. The predicted molar refractivity (Wildman–Crippen MR) is 70.3 cm³/mol. The van der Waals surface area contributed by atoms with Gasteiger partial charge >= 0.3 is 0 Å². The first-order valence-electron chi connectivity index (χ1n) is 6.24. The zero-order valence-electron chi connectivity index (χ0n) is 10.1. The maximum absolute atomic E-state index is 12.3. The second-order valence-corrected chi connectivity index (χ2v) is 4.95. The number of halogens is 1. The highest BCUT2D eigenvalue weighted by Gasteiger charge is 2.41. The van der Waals surface area contributed by atoms with Crippen LogP contribution in [-0.2, 0) is 10.3 Å². The van der Waals surface area contributed by atoms with Crippen molar-refractivity contribution in [2.24, 2.45) is 0 Å². The number of ketones is 1. The Morgan fingerprint density at radius 1 is 1.35 bits per heavy atom. The smallest absolute Gasteiger partial charge is 0.157 e. The number of hydrogen-bond donors (Lipinski definition) is 1. The molecule has 0 saturated heterocycles. The second-order valence-electron chi connectivity index (χ2n) is 4.55. The van der Waals surface area contributed by atoms with E-state index in [1.54, 1.807) is 0 Å². The molecule has 1 fully saturated rings. The van der Waals surface area contributed by atoms with E-state index in [0.29, 0.717) is 11.4 Å². The van der Waals surface area contributed by atoms with Crippen LogP contribution in [0.25, 0.3) is 0 Å². The van der Waals surface area contributed by atoms with Crippen LogP contribution in [-0.4, -0.2) is 12.3 Å². The van der Waals surface area contributed by atoms with Gasteiger partial charge in [0.25, 0.3) is 0 Å². The number of likely N-dealkylation sites (N-methyl/N-ethyl adjacent to an activating group) is 1. The van der Waals surface area contributed by atoms with Crippen molar-refractivity contribution in [3.8, 4) is 0 Å². The molecule has 0 radical (unpaired) electrons. The van der Waals surface area contributed by atoms with E-state index >= 15 is 0 Å². The van der Waals surface area contributed by atoms with Crippen molar-refractivity contribution in [3.05, 3.63) is 34.9 Å². The molecule has 1 unspecified atom stereocenters. The quantitative estimate of drug-likeness (QED) is 0.893. The molecule has 0 heterocycles. The summed E-state index contributed by atoms with van der Waals surface area (Å²) in [6.07, 6.45) is 3.57. The first kappa shape index (κ1) is 12.6. The van der Waals surface area contributed by atoms with E-state index in [1.807, 2.05) is 31.2 Å². The van der Waals surface area contributed by atoms with E-state index < -0.39 is 5.54 Å². The van der Waals surface area contributed by atoms with Crippen molar-refractivity contribution in [1.29, 1.82) is 0 Å². The maximum Gasteiger partial charge on any atom is 0.157 e. The highest BCUT2D eigenvalue weighted by atomic mass is 35.5. The molecule has 2 rings (SSSR count). The first-order valence-corrected chi connectivity index (χ1v) is 6.62. The summed E-state index contributed by atoms with van der Waals surface area (Å²) in [5.74, 6) is 0.277. The molecule has 1 atom stereocenters. The van der Waals surface area contributed by atoms with Crippen molar-refractivity contribution in [2.45, 2.75) is 38.1 Å². The Morgan fingerprint density at radius 3 is 2.76 bits per heavy atom. The summed E-state index contributed by atoms with van der Waals surface area (Å²) < 4.78 is 0. The van der Waals surface area contributed by atoms with Crippen LogP contribution in [0.2, 0.25) is 5.02 Å². The zero-order chi connectivity index (χ0) is 12.3. The molecule has 1 aliphatic rings. The zero-order valence-corrected chi connectivity index (χ0v) is 10.9. The van der Waals surface area contributed by atoms with E-state index in [4.69, 9.17) is 11.6 Å². The lowest BCUT2D eigenvalue weighted by molar-refractivity contribution is -0.128. The van der Waals surface area contributed by atoms with E-state index in [9.17, 15) is 4.79 Å². The van der Waals surface area contributed by atoms with Crippen molar-refractivity contribution in [2.75, 3.05) is 6.54 Å². The Morgan fingerprint density at radius 2 is 2.12 bits per heavy atom. The Labute approximate surface area is 107 Å². The van der Waals surface area contributed by atoms with Crippen molar-refractivity contribution < 1.29 is 4.79 Å². The third-order valence-electron chi connectivity index (χ3n) is 3.49. The van der Waals surface area contributed by atoms with Gasteiger partial charge in [0, 0.05) is 11.4 Å². The topological polar surface area (TPSA) is 29.1 Å². The fraction of sp³-hybridized carbons (Fsp3) is 0.500. The number of carbonyl (C=O) groups is 1. The third-order valence-corrected chi connectivity index (χ3v) is 3.82. The van der Waals surface area contributed by atoms with E-state index in [1.165, 1.54) is 0 Å². The predicted octanol–water partition coefficient (Wildman–Crippen LogP) is 3.29. The normalized spacial score (nSPS) is 24.9. The number of carbonyl (C=O) groups excluding carboxylic acids is 1. The molecule has 0 aromatic heterocycles. The van der Waals surface area contributed by atoms with E-state index in [0.717, 1.165) is 31.4 Å². The van der Waals surface area contributed by atoms with Gasteiger partial charge in [0.05, 0.1) is 0 Å². The summed E-state index contributed by atoms with van der Waals surface area (Å²) in [6.45, 7) is 2.80. The van der Waals surface area contributed by atoms with Gasteiger partial charge in [-0.25, -0.2) is 0 Å². The first-order chi connectivity index (χ1) is 8.20. The molecule has 92 valence electrons. The van der Waals surface area contributed by atoms with Crippen molar-refractivity contribution >= 4 is 17.4 Å². The lowest BCUT2D eigenvalue weighted by Gasteiger charge is -2.37. The maximum atomic E-state index is 12.3. The molecular formula is C14H18ClNO. The van der Waals surface area contributed by atoms with Crippen LogP contribution in [0.5, 0.6) is 0 Å². The van der Waals surface area contributed by atoms with Crippen LogP contribution >= 0.6 is 11.6 Å². The van der Waals surface area contributed by atoms with Crippen LogP contribution in [0.4, 0.5) is 0 Å². The van der Waals surface area contributed by atoms with Gasteiger partial charge < -0.3 is 5.32 Å². The van der Waals surface area contributed by atoms with Crippen LogP contribution in [0.1, 0.15) is 38.2 Å². The molecule has 17 heavy (non-hydrogen) atoms. The standard InChI is InChI=1S/C14H18ClNO/c1-2-16-14(10-6-5-9-13(14)17)11-7-3-4-8-12(11)15/h3-4,7-8,16H,2,5-6,9-10H2,1H3. The minimum Gasteiger partial charge on any atom is -0.301 e. The van der Waals surface area contributed by atoms with Gasteiger partial charge in [-0.2, -0.15) is 0 Å². The largest absolute Gasteiger partial charge is 0.301 e. The van der Waals surface area contributed by atoms with Gasteiger partial charge in [-0.3, -0.25) is 4.79 Å². The van der Waals surface area contributed by atoms with Gasteiger partial charge in [-0.15, -0.1) is 0 Å². The summed E-state index contributed by atoms with van der Waals surface area (Å²) in [5.41, 5.74) is 0.388. The Hall–Kier alpha value is -0.860. The van der Waals surface area contributed by atoms with Gasteiger partial charge in [-0.1, -0.05) is 43.1 Å². The van der Waals surface area contributed by atoms with Crippen LogP contribution in [0, 0.1) is 0 Å². The number of rotatable bonds is 3. The summed E-state index contributed by atoms with van der Waals surface area (Å²) in [6, 6.07) is 7.67. The van der Waals surface area contributed by atoms with Crippen molar-refractivity contribution in [3.63, 3.8) is 0 Å². The minimum absolute atomic E-state index is 0.277. The highest BCUT2D eigenvalue weighted by Crippen LogP contribution is 2.37. The van der Waals surface area contributed by atoms with Crippen LogP contribution < -0.4 is 5.32 Å². The van der Waals surface area contributed by atoms with Gasteiger partial charge in [0.1, 0.15) is 5.54 Å². The van der Waals surface area contributed by atoms with E-state index in [2.05, 4.69) is 5.32 Å². The third kappa shape index (κ3) is 2.24.